The van der Waals surface area contributed by atoms with E-state index in [0.29, 0.717) is 17.8 Å². The van der Waals surface area contributed by atoms with E-state index in [1.165, 1.54) is 10.4 Å². The summed E-state index contributed by atoms with van der Waals surface area (Å²) in [7, 11) is 0. The first-order valence-corrected chi connectivity index (χ1v) is 8.93. The summed E-state index contributed by atoms with van der Waals surface area (Å²) >= 11 is 1.76. The van der Waals surface area contributed by atoms with Gasteiger partial charge in [-0.05, 0) is 54.5 Å². The lowest BCUT2D eigenvalue weighted by Crippen LogP contribution is -2.42. The van der Waals surface area contributed by atoms with Gasteiger partial charge in [0.15, 0.2) is 0 Å². The number of hydrogen-bond donors (Lipinski definition) is 2. The number of anilines is 1. The highest BCUT2D eigenvalue weighted by atomic mass is 32.1. The third kappa shape index (κ3) is 3.01. The van der Waals surface area contributed by atoms with Crippen LogP contribution in [-0.2, 0) is 6.42 Å². The van der Waals surface area contributed by atoms with E-state index >= 15 is 0 Å². The smallest absolute Gasteiger partial charge is 0.322 e. The van der Waals surface area contributed by atoms with Gasteiger partial charge >= 0.3 is 6.03 Å². The van der Waals surface area contributed by atoms with Gasteiger partial charge in [0.25, 0.3) is 0 Å². The molecule has 3 amide bonds. The summed E-state index contributed by atoms with van der Waals surface area (Å²) in [5.74, 6) is -0.502. The molecule has 126 valence electrons. The minimum absolute atomic E-state index is 0.0969. The number of carbonyl (C=O) groups is 2. The molecule has 0 saturated heterocycles. The first-order valence-electron chi connectivity index (χ1n) is 8.05. The molecule has 1 aromatic carbocycles. The number of primary amides is 1. The highest BCUT2D eigenvalue weighted by Crippen LogP contribution is 2.35. The third-order valence-electron chi connectivity index (χ3n) is 4.51. The van der Waals surface area contributed by atoms with E-state index in [-0.39, 0.29) is 12.1 Å². The van der Waals surface area contributed by atoms with E-state index in [1.54, 1.807) is 29.5 Å². The molecule has 5 nitrogen and oxygen atoms in total. The molecule has 1 atom stereocenters. The number of nitrogens with two attached hydrogens (primary N) is 1. The molecule has 0 saturated carbocycles. The molecular weight excluding hydrogens is 322 g/mol. The van der Waals surface area contributed by atoms with Gasteiger partial charge in [-0.3, -0.25) is 4.79 Å². The molecule has 3 N–H and O–H groups in total. The van der Waals surface area contributed by atoms with E-state index in [2.05, 4.69) is 23.7 Å². The lowest BCUT2D eigenvalue weighted by atomic mass is 9.98. The van der Waals surface area contributed by atoms with E-state index in [9.17, 15) is 9.59 Å². The third-order valence-corrected chi connectivity index (χ3v) is 5.50. The van der Waals surface area contributed by atoms with Crippen molar-refractivity contribution in [2.24, 2.45) is 5.73 Å². The monoisotopic (exact) mass is 343 g/mol. The highest BCUT2D eigenvalue weighted by Gasteiger charge is 2.30. The molecule has 1 aliphatic heterocycles. The zero-order chi connectivity index (χ0) is 17.3. The van der Waals surface area contributed by atoms with Gasteiger partial charge in [0.2, 0.25) is 5.91 Å². The summed E-state index contributed by atoms with van der Waals surface area (Å²) in [5.41, 5.74) is 8.50. The van der Waals surface area contributed by atoms with Crippen molar-refractivity contribution in [2.75, 3.05) is 11.9 Å². The fraction of sp³-hybridized carbons (Fsp3) is 0.333. The molecule has 0 fully saturated rings. The minimum Gasteiger partial charge on any atom is -0.366 e. The number of aryl methyl sites for hydroxylation is 1. The van der Waals surface area contributed by atoms with E-state index in [0.717, 1.165) is 18.4 Å². The van der Waals surface area contributed by atoms with Crippen LogP contribution in [0.4, 0.5) is 10.5 Å². The second kappa shape index (κ2) is 6.65. The van der Waals surface area contributed by atoms with Gasteiger partial charge in [-0.15, -0.1) is 11.3 Å². The van der Waals surface area contributed by atoms with Gasteiger partial charge in [-0.2, -0.15) is 0 Å². The fourth-order valence-corrected chi connectivity index (χ4v) is 4.10. The van der Waals surface area contributed by atoms with Crippen molar-refractivity contribution < 1.29 is 9.59 Å². The average molecular weight is 343 g/mol. The molecule has 2 aromatic rings. The molecule has 0 unspecified atom stereocenters. The fourth-order valence-electron chi connectivity index (χ4n) is 3.18. The zero-order valence-corrected chi connectivity index (χ0v) is 14.7. The largest absolute Gasteiger partial charge is 0.366 e. The molecule has 3 rings (SSSR count). The predicted molar refractivity (Wildman–Crippen MR) is 96.5 cm³/mol. The minimum atomic E-state index is -0.502. The Morgan fingerprint density at radius 3 is 2.88 bits per heavy atom. The molecule has 0 aliphatic carbocycles. The lowest BCUT2D eigenvalue weighted by Gasteiger charge is -2.35. The normalized spacial score (nSPS) is 16.6. The molecule has 1 aliphatic rings. The maximum absolute atomic E-state index is 12.8. The first kappa shape index (κ1) is 16.5. The average Bonchev–Trinajstić information content (AvgIpc) is 3.04. The van der Waals surface area contributed by atoms with E-state index in [4.69, 9.17) is 5.73 Å². The summed E-state index contributed by atoms with van der Waals surface area (Å²) in [6, 6.07) is 7.17. The number of fused-ring (bicyclic) bond motifs is 1. The number of rotatable bonds is 3. The second-order valence-electron chi connectivity index (χ2n) is 5.99. The zero-order valence-electron chi connectivity index (χ0n) is 13.8. The van der Waals surface area contributed by atoms with Crippen LogP contribution in [0.25, 0.3) is 0 Å². The Hall–Kier alpha value is -2.34. The van der Waals surface area contributed by atoms with Crippen molar-refractivity contribution in [2.45, 2.75) is 32.7 Å². The topological polar surface area (TPSA) is 75.4 Å². The van der Waals surface area contributed by atoms with Crippen LogP contribution in [-0.4, -0.2) is 23.4 Å². The van der Waals surface area contributed by atoms with Crippen LogP contribution in [0.2, 0.25) is 0 Å². The van der Waals surface area contributed by atoms with Gasteiger partial charge < -0.3 is 16.0 Å². The number of nitrogens with zero attached hydrogens (tertiary/aromatic N) is 1. The Bertz CT molecular complexity index is 784. The summed E-state index contributed by atoms with van der Waals surface area (Å²) in [6.45, 7) is 4.69. The molecule has 24 heavy (non-hydrogen) atoms. The Morgan fingerprint density at radius 1 is 1.38 bits per heavy atom. The summed E-state index contributed by atoms with van der Waals surface area (Å²) < 4.78 is 0. The SMILES string of the molecule is CC[C@H]1c2ccsc2CCN1C(=O)Nc1cc(C(N)=O)ccc1C. The van der Waals surface area contributed by atoms with E-state index in [1.807, 2.05) is 11.8 Å². The van der Waals surface area contributed by atoms with Crippen LogP contribution < -0.4 is 11.1 Å². The number of thiophene rings is 1. The Morgan fingerprint density at radius 2 is 2.17 bits per heavy atom. The molecule has 2 heterocycles. The molecular formula is C18H21N3O2S. The van der Waals surface area contributed by atoms with Crippen LogP contribution in [0, 0.1) is 6.92 Å². The maximum Gasteiger partial charge on any atom is 0.322 e. The van der Waals surface area contributed by atoms with Crippen molar-refractivity contribution >= 4 is 29.0 Å². The number of carbonyl (C=O) groups excluding carboxylic acids is 2. The summed E-state index contributed by atoms with van der Waals surface area (Å²) in [4.78, 5) is 27.4. The van der Waals surface area contributed by atoms with Gasteiger partial charge in [-0.25, -0.2) is 4.79 Å². The highest BCUT2D eigenvalue weighted by molar-refractivity contribution is 7.10. The maximum atomic E-state index is 12.8. The number of benzene rings is 1. The Kier molecular flexibility index (Phi) is 4.57. The van der Waals surface area contributed by atoms with Gasteiger partial charge in [0.05, 0.1) is 6.04 Å². The summed E-state index contributed by atoms with van der Waals surface area (Å²) in [6.07, 6.45) is 1.76. The quantitative estimate of drug-likeness (QED) is 0.891. The van der Waals surface area contributed by atoms with Crippen molar-refractivity contribution in [1.29, 1.82) is 0 Å². The first-order chi connectivity index (χ1) is 11.5. The molecule has 0 radical (unpaired) electrons. The molecule has 0 spiro atoms. The standard InChI is InChI=1S/C18H21N3O2S/c1-3-15-13-7-9-24-16(13)6-8-21(15)18(23)20-14-10-12(17(19)22)5-4-11(14)2/h4-5,7,9-10,15H,3,6,8H2,1-2H3,(H2,19,22)(H,20,23)/t15-/m0/s1. The Balaban J connectivity index is 1.83. The van der Waals surface area contributed by atoms with Crippen LogP contribution in [0.1, 0.15) is 45.7 Å². The predicted octanol–water partition coefficient (Wildman–Crippen LogP) is 3.70. The number of nitrogens with one attached hydrogen (secondary N) is 1. The number of urea groups is 1. The van der Waals surface area contributed by atoms with Gasteiger partial charge in [0.1, 0.15) is 0 Å². The van der Waals surface area contributed by atoms with Crippen molar-refractivity contribution in [3.8, 4) is 0 Å². The number of hydrogen-bond acceptors (Lipinski definition) is 3. The number of amides is 3. The summed E-state index contributed by atoms with van der Waals surface area (Å²) in [5, 5.41) is 5.04. The van der Waals surface area contributed by atoms with Crippen molar-refractivity contribution in [3.05, 3.63) is 51.2 Å². The molecule has 6 heteroatoms. The van der Waals surface area contributed by atoms with Crippen LogP contribution in [0.5, 0.6) is 0 Å². The van der Waals surface area contributed by atoms with Crippen molar-refractivity contribution in [1.82, 2.24) is 4.90 Å². The van der Waals surface area contributed by atoms with Gasteiger partial charge in [0, 0.05) is 22.7 Å². The van der Waals surface area contributed by atoms with Crippen LogP contribution in [0.3, 0.4) is 0 Å². The molecule has 1 aromatic heterocycles. The van der Waals surface area contributed by atoms with Crippen LogP contribution >= 0.6 is 11.3 Å². The van der Waals surface area contributed by atoms with Crippen molar-refractivity contribution in [3.63, 3.8) is 0 Å². The lowest BCUT2D eigenvalue weighted by molar-refractivity contribution is 0.1000. The van der Waals surface area contributed by atoms with Gasteiger partial charge in [-0.1, -0.05) is 13.0 Å². The van der Waals surface area contributed by atoms with E-state index < -0.39 is 5.91 Å². The Labute approximate surface area is 145 Å². The molecule has 0 bridgehead atoms. The van der Waals surface area contributed by atoms with Crippen LogP contribution in [0.15, 0.2) is 29.6 Å². The second-order valence-corrected chi connectivity index (χ2v) is 6.99.